The normalized spacial score (nSPS) is 15.1. The Balaban J connectivity index is 1.37. The van der Waals surface area contributed by atoms with Gasteiger partial charge in [-0.25, -0.2) is 12.8 Å². The van der Waals surface area contributed by atoms with Gasteiger partial charge in [-0.05, 0) is 47.8 Å². The summed E-state index contributed by atoms with van der Waals surface area (Å²) in [6.07, 6.45) is 0. The molecule has 0 spiro atoms. The summed E-state index contributed by atoms with van der Waals surface area (Å²) in [5, 5.41) is 2.06. The van der Waals surface area contributed by atoms with Crippen molar-refractivity contribution in [1.82, 2.24) is 9.80 Å². The lowest BCUT2D eigenvalue weighted by atomic mass is 10.2. The van der Waals surface area contributed by atoms with Crippen molar-refractivity contribution in [3.63, 3.8) is 0 Å². The van der Waals surface area contributed by atoms with Crippen molar-refractivity contribution in [2.75, 3.05) is 30.9 Å². The molecule has 162 valence electrons. The van der Waals surface area contributed by atoms with Crippen LogP contribution in [0.4, 0.5) is 10.1 Å². The molecule has 1 amide bonds. The van der Waals surface area contributed by atoms with Gasteiger partial charge >= 0.3 is 0 Å². The van der Waals surface area contributed by atoms with E-state index in [9.17, 15) is 17.6 Å². The summed E-state index contributed by atoms with van der Waals surface area (Å²) in [4.78, 5) is 18.2. The second-order valence-electron chi connectivity index (χ2n) is 7.26. The Morgan fingerprint density at radius 1 is 0.968 bits per heavy atom. The predicted molar refractivity (Wildman–Crippen MR) is 119 cm³/mol. The van der Waals surface area contributed by atoms with Gasteiger partial charge in [0.05, 0.1) is 10.6 Å². The van der Waals surface area contributed by atoms with Gasteiger partial charge in [-0.3, -0.25) is 14.4 Å². The van der Waals surface area contributed by atoms with Gasteiger partial charge in [-0.1, -0.05) is 18.2 Å². The van der Waals surface area contributed by atoms with Crippen LogP contribution < -0.4 is 4.72 Å². The Morgan fingerprint density at radius 3 is 2.32 bits per heavy atom. The maximum Gasteiger partial charge on any atom is 0.261 e. The van der Waals surface area contributed by atoms with Crippen LogP contribution >= 0.6 is 11.3 Å². The maximum atomic E-state index is 13.8. The summed E-state index contributed by atoms with van der Waals surface area (Å²) in [5.41, 5.74) is 0.305. The number of hydrogen-bond donors (Lipinski definition) is 1. The molecule has 2 heterocycles. The smallest absolute Gasteiger partial charge is 0.261 e. The fraction of sp³-hybridized carbons (Fsp3) is 0.227. The molecular weight excluding hydrogens is 437 g/mol. The Morgan fingerprint density at radius 2 is 1.68 bits per heavy atom. The van der Waals surface area contributed by atoms with Gasteiger partial charge < -0.3 is 4.90 Å². The van der Waals surface area contributed by atoms with E-state index in [0.717, 1.165) is 19.6 Å². The molecule has 9 heteroatoms. The van der Waals surface area contributed by atoms with Crippen LogP contribution in [-0.2, 0) is 16.6 Å². The number of hydrogen-bond acceptors (Lipinski definition) is 5. The van der Waals surface area contributed by atoms with E-state index in [4.69, 9.17) is 0 Å². The van der Waals surface area contributed by atoms with Gasteiger partial charge in [-0.15, -0.1) is 11.3 Å². The molecule has 2 aromatic carbocycles. The van der Waals surface area contributed by atoms with Crippen LogP contribution in [0.15, 0.2) is 70.9 Å². The number of carbonyl (C=O) groups is 1. The number of rotatable bonds is 6. The molecule has 0 unspecified atom stereocenters. The van der Waals surface area contributed by atoms with E-state index in [0.29, 0.717) is 18.7 Å². The molecule has 1 aliphatic rings. The number of halogens is 1. The summed E-state index contributed by atoms with van der Waals surface area (Å²) in [5.74, 6) is -0.780. The van der Waals surface area contributed by atoms with Crippen molar-refractivity contribution in [3.05, 3.63) is 82.3 Å². The highest BCUT2D eigenvalue weighted by atomic mass is 32.2. The van der Waals surface area contributed by atoms with Crippen LogP contribution in [0.1, 0.15) is 15.2 Å². The molecule has 1 fully saturated rings. The van der Waals surface area contributed by atoms with E-state index >= 15 is 0 Å². The molecule has 0 radical (unpaired) electrons. The lowest BCUT2D eigenvalue weighted by Gasteiger charge is -2.34. The van der Waals surface area contributed by atoms with Gasteiger partial charge in [0.1, 0.15) is 5.82 Å². The van der Waals surface area contributed by atoms with Crippen molar-refractivity contribution in [2.45, 2.75) is 11.4 Å². The van der Waals surface area contributed by atoms with Crippen LogP contribution in [0.25, 0.3) is 0 Å². The predicted octanol–water partition coefficient (Wildman–Crippen LogP) is 3.65. The number of anilines is 1. The molecule has 0 atom stereocenters. The SMILES string of the molecule is O=C(c1ccc(S(=O)(=O)Nc2ccccc2F)cc1)N1CCN(Cc2cccs2)CC1. The summed E-state index contributed by atoms with van der Waals surface area (Å²) in [6.45, 7) is 3.73. The lowest BCUT2D eigenvalue weighted by Crippen LogP contribution is -2.48. The van der Waals surface area contributed by atoms with Crippen molar-refractivity contribution in [3.8, 4) is 0 Å². The largest absolute Gasteiger partial charge is 0.336 e. The third kappa shape index (κ3) is 5.12. The summed E-state index contributed by atoms with van der Waals surface area (Å²) < 4.78 is 41.1. The first-order valence-corrected chi connectivity index (χ1v) is 12.2. The highest BCUT2D eigenvalue weighted by molar-refractivity contribution is 7.92. The number of nitrogens with one attached hydrogen (secondary N) is 1. The second kappa shape index (κ2) is 9.17. The van der Waals surface area contributed by atoms with E-state index in [1.165, 1.54) is 47.3 Å². The standard InChI is InChI=1S/C22H22FN3O3S2/c23-20-5-1-2-6-21(20)24-31(28,29)19-9-7-17(8-10-19)22(27)26-13-11-25(12-14-26)16-18-4-3-15-30-18/h1-10,15,24H,11-14,16H2. The molecule has 1 N–H and O–H groups in total. The number of amides is 1. The minimum Gasteiger partial charge on any atom is -0.336 e. The average molecular weight is 460 g/mol. The maximum absolute atomic E-state index is 13.8. The third-order valence-corrected chi connectivity index (χ3v) is 7.39. The molecule has 0 saturated carbocycles. The second-order valence-corrected chi connectivity index (χ2v) is 9.97. The Hall–Kier alpha value is -2.75. The van der Waals surface area contributed by atoms with Crippen LogP contribution in [-0.4, -0.2) is 50.3 Å². The molecule has 0 aliphatic carbocycles. The average Bonchev–Trinajstić information content (AvgIpc) is 3.28. The van der Waals surface area contributed by atoms with E-state index in [-0.39, 0.29) is 16.5 Å². The molecule has 1 aromatic heterocycles. The van der Waals surface area contributed by atoms with Gasteiger partial charge in [0, 0.05) is 43.2 Å². The fourth-order valence-corrected chi connectivity index (χ4v) is 5.25. The molecule has 0 bridgehead atoms. The topological polar surface area (TPSA) is 69.7 Å². The molecule has 31 heavy (non-hydrogen) atoms. The number of carbonyl (C=O) groups excluding carboxylic acids is 1. The third-order valence-electron chi connectivity index (χ3n) is 5.15. The zero-order chi connectivity index (χ0) is 21.8. The van der Waals surface area contributed by atoms with Gasteiger partial charge in [0.15, 0.2) is 0 Å². The highest BCUT2D eigenvalue weighted by Crippen LogP contribution is 2.20. The summed E-state index contributed by atoms with van der Waals surface area (Å²) >= 11 is 1.73. The van der Waals surface area contributed by atoms with Gasteiger partial charge in [0.2, 0.25) is 0 Å². The fourth-order valence-electron chi connectivity index (χ4n) is 3.44. The first kappa shape index (κ1) is 21.5. The first-order chi connectivity index (χ1) is 14.9. The first-order valence-electron chi connectivity index (χ1n) is 9.84. The molecular formula is C22H22FN3O3S2. The quantitative estimate of drug-likeness (QED) is 0.611. The number of piperazine rings is 1. The van der Waals surface area contributed by atoms with Crippen molar-refractivity contribution >= 4 is 33.0 Å². The molecule has 4 rings (SSSR count). The number of nitrogens with zero attached hydrogens (tertiary/aromatic N) is 2. The zero-order valence-corrected chi connectivity index (χ0v) is 18.3. The molecule has 3 aromatic rings. The van der Waals surface area contributed by atoms with Crippen LogP contribution in [0.2, 0.25) is 0 Å². The zero-order valence-electron chi connectivity index (χ0n) is 16.7. The van der Waals surface area contributed by atoms with E-state index in [2.05, 4.69) is 21.1 Å². The van der Waals surface area contributed by atoms with Crippen molar-refractivity contribution < 1.29 is 17.6 Å². The van der Waals surface area contributed by atoms with Gasteiger partial charge in [0.25, 0.3) is 15.9 Å². The monoisotopic (exact) mass is 459 g/mol. The Labute approximate surface area is 185 Å². The minimum absolute atomic E-state index is 0.0342. The van der Waals surface area contributed by atoms with Gasteiger partial charge in [-0.2, -0.15) is 0 Å². The van der Waals surface area contributed by atoms with E-state index in [1.807, 2.05) is 6.07 Å². The van der Waals surface area contributed by atoms with Crippen molar-refractivity contribution in [1.29, 1.82) is 0 Å². The number of sulfonamides is 1. The van der Waals surface area contributed by atoms with Crippen LogP contribution in [0, 0.1) is 5.82 Å². The Bertz CT molecular complexity index is 1140. The number of benzene rings is 2. The highest BCUT2D eigenvalue weighted by Gasteiger charge is 2.23. The number of para-hydroxylation sites is 1. The Kier molecular flexibility index (Phi) is 6.35. The van der Waals surface area contributed by atoms with Crippen LogP contribution in [0.3, 0.4) is 0 Å². The lowest BCUT2D eigenvalue weighted by molar-refractivity contribution is 0.0629. The number of thiophene rings is 1. The van der Waals surface area contributed by atoms with Crippen molar-refractivity contribution in [2.24, 2.45) is 0 Å². The minimum atomic E-state index is -3.96. The summed E-state index contributed by atoms with van der Waals surface area (Å²) in [6, 6.07) is 15.4. The summed E-state index contributed by atoms with van der Waals surface area (Å²) in [7, 11) is -3.96. The molecule has 1 aliphatic heterocycles. The van der Waals surface area contributed by atoms with E-state index in [1.54, 1.807) is 22.3 Å². The molecule has 6 nitrogen and oxygen atoms in total. The molecule has 1 saturated heterocycles. The van der Waals surface area contributed by atoms with E-state index < -0.39 is 15.8 Å². The van der Waals surface area contributed by atoms with Crippen LogP contribution in [0.5, 0.6) is 0 Å².